The molecule has 0 amide bonds. The predicted molar refractivity (Wildman–Crippen MR) is 69.5 cm³/mol. The minimum Gasteiger partial charge on any atom is -0.263 e. The number of hydrogen-bond acceptors (Lipinski definition) is 4. The molecule has 7 heteroatoms. The Bertz CT molecular complexity index is 520. The average molecular weight is 272 g/mol. The van der Waals surface area contributed by atoms with Crippen molar-refractivity contribution < 1.29 is 13.3 Å². The molecule has 0 aliphatic carbocycles. The van der Waals surface area contributed by atoms with Gasteiger partial charge in [-0.05, 0) is 32.9 Å². The van der Waals surface area contributed by atoms with Crippen LogP contribution >= 0.6 is 0 Å². The molecule has 6 nitrogen and oxygen atoms in total. The fourth-order valence-corrected chi connectivity index (χ4v) is 3.38. The molecule has 1 aromatic rings. The molecule has 0 heterocycles. The van der Waals surface area contributed by atoms with Crippen LogP contribution in [-0.4, -0.2) is 24.8 Å². The molecule has 1 aromatic carbocycles. The van der Waals surface area contributed by atoms with E-state index in [2.05, 4.69) is 0 Å². The lowest BCUT2D eigenvalue weighted by Gasteiger charge is -2.35. The van der Waals surface area contributed by atoms with Crippen molar-refractivity contribution >= 4 is 15.7 Å². The first kappa shape index (κ1) is 14.4. The molecule has 1 rings (SSSR count). The summed E-state index contributed by atoms with van der Waals surface area (Å²) in [6, 6.07) is 8.36. The lowest BCUT2D eigenvalue weighted by molar-refractivity contribution is -0.458. The summed E-state index contributed by atoms with van der Waals surface area (Å²) in [6.07, 6.45) is 0. The Morgan fingerprint density at radius 3 is 2.11 bits per heavy atom. The number of para-hydroxylation sites is 1. The van der Waals surface area contributed by atoms with E-state index in [-0.39, 0.29) is 0 Å². The molecule has 0 saturated heterocycles. The molecule has 0 aliphatic rings. The zero-order valence-corrected chi connectivity index (χ0v) is 11.3. The second kappa shape index (κ2) is 4.93. The average Bonchev–Trinajstić information content (AvgIpc) is 2.13. The van der Waals surface area contributed by atoms with Gasteiger partial charge in [-0.3, -0.25) is 14.4 Å². The zero-order valence-electron chi connectivity index (χ0n) is 10.5. The highest BCUT2D eigenvalue weighted by Gasteiger charge is 2.36. The van der Waals surface area contributed by atoms with E-state index in [1.165, 1.54) is 0 Å². The molecule has 0 unspecified atom stereocenters. The molecule has 0 N–H and O–H groups in total. The number of benzene rings is 1. The Kier molecular flexibility index (Phi) is 3.95. The van der Waals surface area contributed by atoms with Gasteiger partial charge in [-0.15, -0.1) is 0 Å². The molecule has 0 aliphatic heterocycles. The molecule has 0 atom stereocenters. The maximum absolute atomic E-state index is 12.1. The molecular formula is C11H16N2O4S. The number of nitrogens with zero attached hydrogens (tertiary/aromatic N) is 2. The van der Waals surface area contributed by atoms with Crippen LogP contribution in [0.5, 0.6) is 0 Å². The Morgan fingerprint density at radius 2 is 1.72 bits per heavy atom. The van der Waals surface area contributed by atoms with Crippen molar-refractivity contribution in [3.05, 3.63) is 40.4 Å². The summed E-state index contributed by atoms with van der Waals surface area (Å²) in [5.74, 6) is -1.11. The maximum Gasteiger partial charge on any atom is 0.320 e. The monoisotopic (exact) mass is 272 g/mol. The van der Waals surface area contributed by atoms with E-state index >= 15 is 0 Å². The van der Waals surface area contributed by atoms with Crippen LogP contribution in [0.4, 0.5) is 5.69 Å². The number of rotatable bonds is 4. The third-order valence-corrected chi connectivity index (χ3v) is 4.00. The van der Waals surface area contributed by atoms with Crippen LogP contribution in [0, 0.1) is 10.1 Å². The standard InChI is InChI=1S/C11H16N2O4S/c1-11(2,3)13(10-7-5-4-6-8-10)18(16,17)9-12(14)15/h4-8H,9H2,1-3H3. The molecule has 18 heavy (non-hydrogen) atoms. The summed E-state index contributed by atoms with van der Waals surface area (Å²) in [6.45, 7) is 5.08. The van der Waals surface area contributed by atoms with E-state index in [0.717, 1.165) is 4.31 Å². The summed E-state index contributed by atoms with van der Waals surface area (Å²) in [5.41, 5.74) is -0.345. The second-order valence-corrected chi connectivity index (χ2v) is 6.63. The molecular weight excluding hydrogens is 256 g/mol. The third kappa shape index (κ3) is 3.43. The minimum absolute atomic E-state index is 0.423. The highest BCUT2D eigenvalue weighted by Crippen LogP contribution is 2.27. The van der Waals surface area contributed by atoms with Gasteiger partial charge in [0.25, 0.3) is 0 Å². The normalized spacial score (nSPS) is 12.2. The first-order chi connectivity index (χ1) is 8.14. The van der Waals surface area contributed by atoms with E-state index in [4.69, 9.17) is 0 Å². The summed E-state index contributed by atoms with van der Waals surface area (Å²) in [4.78, 5) is 9.64. The van der Waals surface area contributed by atoms with Crippen molar-refractivity contribution in [2.24, 2.45) is 0 Å². The lowest BCUT2D eigenvalue weighted by atomic mass is 10.1. The third-order valence-electron chi connectivity index (χ3n) is 2.15. The quantitative estimate of drug-likeness (QED) is 0.619. The second-order valence-electron chi connectivity index (χ2n) is 4.84. The SMILES string of the molecule is CC(C)(C)N(c1ccccc1)S(=O)(=O)C[N+](=O)[O-]. The predicted octanol–water partition coefficient (Wildman–Crippen LogP) is 1.86. The van der Waals surface area contributed by atoms with Crippen molar-refractivity contribution in [1.82, 2.24) is 0 Å². The van der Waals surface area contributed by atoms with Gasteiger partial charge in [-0.2, -0.15) is 8.42 Å². The number of hydrogen-bond donors (Lipinski definition) is 0. The van der Waals surface area contributed by atoms with Gasteiger partial charge < -0.3 is 0 Å². The fraction of sp³-hybridized carbons (Fsp3) is 0.455. The molecule has 0 fully saturated rings. The molecule has 0 radical (unpaired) electrons. The Balaban J connectivity index is 3.29. The number of nitro groups is 1. The van der Waals surface area contributed by atoms with E-state index in [0.29, 0.717) is 5.69 Å². The van der Waals surface area contributed by atoms with Crippen LogP contribution < -0.4 is 4.31 Å². The minimum atomic E-state index is -4.00. The topological polar surface area (TPSA) is 80.5 Å². The molecule has 100 valence electrons. The van der Waals surface area contributed by atoms with Gasteiger partial charge in [0.1, 0.15) is 0 Å². The maximum atomic E-state index is 12.1. The summed E-state index contributed by atoms with van der Waals surface area (Å²) in [5, 5.41) is 10.5. The zero-order chi connectivity index (χ0) is 14.0. The van der Waals surface area contributed by atoms with Gasteiger partial charge in [-0.25, -0.2) is 0 Å². The van der Waals surface area contributed by atoms with Crippen LogP contribution in [-0.2, 0) is 10.0 Å². The van der Waals surface area contributed by atoms with Gasteiger partial charge >= 0.3 is 15.9 Å². The van der Waals surface area contributed by atoms with Gasteiger partial charge in [0.05, 0.1) is 5.69 Å². The van der Waals surface area contributed by atoms with Crippen LogP contribution in [0.15, 0.2) is 30.3 Å². The van der Waals surface area contributed by atoms with Crippen LogP contribution in [0.2, 0.25) is 0 Å². The van der Waals surface area contributed by atoms with Crippen LogP contribution in [0.25, 0.3) is 0 Å². The van der Waals surface area contributed by atoms with Crippen molar-refractivity contribution in [3.63, 3.8) is 0 Å². The van der Waals surface area contributed by atoms with Gasteiger partial charge in [-0.1, -0.05) is 18.2 Å². The van der Waals surface area contributed by atoms with Gasteiger partial charge in [0.15, 0.2) is 0 Å². The Labute approximate surface area is 106 Å². The van der Waals surface area contributed by atoms with Crippen molar-refractivity contribution in [2.75, 3.05) is 10.2 Å². The summed E-state index contributed by atoms with van der Waals surface area (Å²) in [7, 11) is -4.00. The van der Waals surface area contributed by atoms with Crippen molar-refractivity contribution in [1.29, 1.82) is 0 Å². The van der Waals surface area contributed by atoms with Gasteiger partial charge in [0, 0.05) is 10.5 Å². The van der Waals surface area contributed by atoms with E-state index in [1.807, 2.05) is 0 Å². The number of anilines is 1. The molecule has 0 saturated carbocycles. The van der Waals surface area contributed by atoms with Crippen molar-refractivity contribution in [3.8, 4) is 0 Å². The van der Waals surface area contributed by atoms with Gasteiger partial charge in [0.2, 0.25) is 0 Å². The highest BCUT2D eigenvalue weighted by atomic mass is 32.2. The lowest BCUT2D eigenvalue weighted by Crippen LogP contribution is -2.47. The van der Waals surface area contributed by atoms with Crippen LogP contribution in [0.1, 0.15) is 20.8 Å². The van der Waals surface area contributed by atoms with E-state index < -0.39 is 26.4 Å². The first-order valence-electron chi connectivity index (χ1n) is 5.34. The Morgan fingerprint density at radius 1 is 1.22 bits per heavy atom. The molecule has 0 bridgehead atoms. The fourth-order valence-electron chi connectivity index (χ4n) is 1.72. The summed E-state index contributed by atoms with van der Waals surface area (Å²) >= 11 is 0. The van der Waals surface area contributed by atoms with E-state index in [9.17, 15) is 18.5 Å². The number of sulfonamides is 1. The largest absolute Gasteiger partial charge is 0.320 e. The first-order valence-corrected chi connectivity index (χ1v) is 6.95. The highest BCUT2D eigenvalue weighted by molar-refractivity contribution is 7.92. The smallest absolute Gasteiger partial charge is 0.263 e. The molecule has 0 aromatic heterocycles. The summed E-state index contributed by atoms with van der Waals surface area (Å²) < 4.78 is 25.2. The van der Waals surface area contributed by atoms with Crippen molar-refractivity contribution in [2.45, 2.75) is 26.3 Å². The molecule has 0 spiro atoms. The van der Waals surface area contributed by atoms with Crippen LogP contribution in [0.3, 0.4) is 0 Å². The Hall–Kier alpha value is -1.63. The van der Waals surface area contributed by atoms with E-state index in [1.54, 1.807) is 51.1 Å².